The van der Waals surface area contributed by atoms with Crippen LogP contribution in [0.1, 0.15) is 43.6 Å². The molecule has 124 valence electrons. The zero-order valence-corrected chi connectivity index (χ0v) is 13.6. The molecule has 7 heteroatoms. The molecule has 1 aromatic rings. The topological polar surface area (TPSA) is 76.0 Å². The van der Waals surface area contributed by atoms with Crippen LogP contribution in [0.5, 0.6) is 5.75 Å². The molecule has 1 fully saturated rings. The number of rotatable bonds is 4. The van der Waals surface area contributed by atoms with Crippen molar-refractivity contribution in [3.8, 4) is 5.75 Å². The number of phenolic OH excluding ortho intramolecular Hbond substituents is 1. The molecule has 5 nitrogen and oxygen atoms in total. The highest BCUT2D eigenvalue weighted by molar-refractivity contribution is 6.55. The van der Waals surface area contributed by atoms with Crippen LogP contribution in [-0.4, -0.2) is 41.4 Å². The highest BCUT2D eigenvalue weighted by atomic mass is 19.1. The monoisotopic (exact) mass is 322 g/mol. The number of phenols is 1. The van der Waals surface area contributed by atoms with E-state index in [2.05, 4.69) is 0 Å². The first-order valence-electron chi connectivity index (χ1n) is 7.26. The first-order chi connectivity index (χ1) is 10.6. The molecular formula is C16H20BFO5. The molecule has 0 spiro atoms. The Balaban J connectivity index is 2.37. The van der Waals surface area contributed by atoms with E-state index in [1.807, 2.05) is 27.7 Å². The van der Waals surface area contributed by atoms with Crippen LogP contribution in [0.3, 0.4) is 0 Å². The maximum Gasteiger partial charge on any atom is 0.492 e. The number of hydrogen-bond donors (Lipinski definition) is 2. The molecule has 0 radical (unpaired) electrons. The molecule has 0 amide bonds. The number of carbonyl (C=O) groups is 1. The fourth-order valence-electron chi connectivity index (χ4n) is 2.21. The lowest BCUT2D eigenvalue weighted by Crippen LogP contribution is -2.41. The van der Waals surface area contributed by atoms with Crippen molar-refractivity contribution in [3.05, 3.63) is 34.5 Å². The Labute approximate surface area is 134 Å². The molecule has 0 atom stereocenters. The van der Waals surface area contributed by atoms with Gasteiger partial charge in [0.05, 0.1) is 23.4 Å². The second kappa shape index (κ2) is 6.07. The van der Waals surface area contributed by atoms with E-state index in [9.17, 15) is 19.4 Å². The second-order valence-electron chi connectivity index (χ2n) is 6.52. The van der Waals surface area contributed by atoms with Crippen molar-refractivity contribution >= 4 is 19.5 Å². The first-order valence-corrected chi connectivity index (χ1v) is 7.26. The van der Waals surface area contributed by atoms with Crippen molar-refractivity contribution in [1.29, 1.82) is 0 Å². The molecule has 0 aliphatic carbocycles. The first kappa shape index (κ1) is 17.7. The van der Waals surface area contributed by atoms with E-state index in [1.165, 1.54) is 12.1 Å². The van der Waals surface area contributed by atoms with E-state index in [0.29, 0.717) is 17.3 Å². The van der Waals surface area contributed by atoms with E-state index >= 15 is 0 Å². The summed E-state index contributed by atoms with van der Waals surface area (Å²) in [5.74, 6) is -1.61. The molecule has 1 heterocycles. The third-order valence-corrected chi connectivity index (χ3v) is 4.33. The van der Waals surface area contributed by atoms with Crippen LogP contribution >= 0.6 is 0 Å². The van der Waals surface area contributed by atoms with Crippen molar-refractivity contribution in [2.45, 2.75) is 38.9 Å². The molecule has 1 aliphatic rings. The van der Waals surface area contributed by atoms with Gasteiger partial charge in [0.25, 0.3) is 0 Å². The van der Waals surface area contributed by atoms with Gasteiger partial charge in [-0.05, 0) is 50.9 Å². The largest absolute Gasteiger partial charge is 0.504 e. The minimum absolute atomic E-state index is 0.164. The molecule has 1 aromatic carbocycles. The van der Waals surface area contributed by atoms with Gasteiger partial charge in [0.15, 0.2) is 17.9 Å². The van der Waals surface area contributed by atoms with Crippen LogP contribution in [0.15, 0.2) is 17.6 Å². The third-order valence-electron chi connectivity index (χ3n) is 4.33. The minimum atomic E-state index is -0.910. The summed E-state index contributed by atoms with van der Waals surface area (Å²) in [7, 11) is -0.776. The van der Waals surface area contributed by atoms with Crippen LogP contribution in [0.25, 0.3) is 6.08 Å². The van der Waals surface area contributed by atoms with E-state index in [4.69, 9.17) is 9.31 Å². The number of benzene rings is 1. The standard InChI is InChI=1S/C16H20BFO5/c1-15(2)16(3,4)23-17(22-15)12(9-20)6-10-5-11(8-19)14(21)13(18)7-10/h5-8,20-21H,9H2,1-4H3. The molecule has 0 bridgehead atoms. The molecule has 1 saturated heterocycles. The molecule has 1 aliphatic heterocycles. The number of aromatic hydroxyl groups is 1. The number of carbonyl (C=O) groups excluding carboxylic acids is 1. The lowest BCUT2D eigenvalue weighted by atomic mass is 9.77. The highest BCUT2D eigenvalue weighted by Gasteiger charge is 2.52. The second-order valence-corrected chi connectivity index (χ2v) is 6.52. The number of halogens is 1. The van der Waals surface area contributed by atoms with Gasteiger partial charge in [-0.2, -0.15) is 0 Å². The summed E-state index contributed by atoms with van der Waals surface area (Å²) in [5.41, 5.74) is -0.589. The average molecular weight is 322 g/mol. The Morgan fingerprint density at radius 2 is 1.83 bits per heavy atom. The van der Waals surface area contributed by atoms with Gasteiger partial charge in [0.1, 0.15) is 0 Å². The van der Waals surface area contributed by atoms with Crippen molar-refractivity contribution in [1.82, 2.24) is 0 Å². The smallest absolute Gasteiger partial charge is 0.492 e. The molecule has 2 rings (SSSR count). The van der Waals surface area contributed by atoms with Crippen LogP contribution in [-0.2, 0) is 9.31 Å². The molecule has 0 saturated carbocycles. The normalized spacial score (nSPS) is 19.9. The van der Waals surface area contributed by atoms with Gasteiger partial charge >= 0.3 is 7.12 Å². The summed E-state index contributed by atoms with van der Waals surface area (Å²) in [4.78, 5) is 10.9. The molecular weight excluding hydrogens is 302 g/mol. The van der Waals surface area contributed by atoms with Crippen LogP contribution in [0.4, 0.5) is 4.39 Å². The maximum absolute atomic E-state index is 13.6. The lowest BCUT2D eigenvalue weighted by Gasteiger charge is -2.32. The van der Waals surface area contributed by atoms with E-state index < -0.39 is 29.9 Å². The number of aliphatic hydroxyl groups excluding tert-OH is 1. The average Bonchev–Trinajstić information content (AvgIpc) is 2.68. The van der Waals surface area contributed by atoms with Crippen molar-refractivity contribution < 1.29 is 28.7 Å². The van der Waals surface area contributed by atoms with Crippen molar-refractivity contribution in [3.63, 3.8) is 0 Å². The SMILES string of the molecule is CC1(C)OB(C(=Cc2cc(F)c(O)c(C=O)c2)CO)OC1(C)C. The van der Waals surface area contributed by atoms with E-state index in [-0.39, 0.29) is 12.2 Å². The maximum atomic E-state index is 13.6. The van der Waals surface area contributed by atoms with Gasteiger partial charge < -0.3 is 19.5 Å². The van der Waals surface area contributed by atoms with Crippen molar-refractivity contribution in [2.75, 3.05) is 6.61 Å². The van der Waals surface area contributed by atoms with Gasteiger partial charge in [-0.3, -0.25) is 4.79 Å². The summed E-state index contributed by atoms with van der Waals surface area (Å²) < 4.78 is 25.3. The predicted octanol–water partition coefficient (Wildman–Crippen LogP) is 2.35. The van der Waals surface area contributed by atoms with Crippen LogP contribution < -0.4 is 0 Å². The summed E-state index contributed by atoms with van der Waals surface area (Å²) in [5, 5.41) is 19.0. The summed E-state index contributed by atoms with van der Waals surface area (Å²) in [6.07, 6.45) is 1.85. The van der Waals surface area contributed by atoms with Gasteiger partial charge in [-0.1, -0.05) is 6.08 Å². The fraction of sp³-hybridized carbons (Fsp3) is 0.438. The van der Waals surface area contributed by atoms with E-state index in [0.717, 1.165) is 6.07 Å². The number of aliphatic hydroxyl groups is 1. The van der Waals surface area contributed by atoms with Gasteiger partial charge in [0, 0.05) is 0 Å². The van der Waals surface area contributed by atoms with Crippen LogP contribution in [0.2, 0.25) is 0 Å². The Kier molecular flexibility index (Phi) is 4.66. The molecule has 0 aromatic heterocycles. The number of aldehydes is 1. The Morgan fingerprint density at radius 3 is 2.30 bits per heavy atom. The lowest BCUT2D eigenvalue weighted by molar-refractivity contribution is 0.00578. The van der Waals surface area contributed by atoms with E-state index in [1.54, 1.807) is 0 Å². The summed E-state index contributed by atoms with van der Waals surface area (Å²) >= 11 is 0. The molecule has 2 N–H and O–H groups in total. The Morgan fingerprint density at radius 1 is 1.26 bits per heavy atom. The summed E-state index contributed by atoms with van der Waals surface area (Å²) in [6, 6.07) is 2.40. The zero-order valence-electron chi connectivity index (χ0n) is 13.6. The van der Waals surface area contributed by atoms with Gasteiger partial charge in [0.2, 0.25) is 0 Å². The summed E-state index contributed by atoms with van der Waals surface area (Å²) in [6.45, 7) is 7.18. The molecule has 0 unspecified atom stereocenters. The fourth-order valence-corrected chi connectivity index (χ4v) is 2.21. The predicted molar refractivity (Wildman–Crippen MR) is 84.6 cm³/mol. The Hall–Kier alpha value is -1.70. The van der Waals surface area contributed by atoms with Gasteiger partial charge in [-0.25, -0.2) is 4.39 Å². The minimum Gasteiger partial charge on any atom is -0.504 e. The van der Waals surface area contributed by atoms with Crippen LogP contribution in [0, 0.1) is 5.82 Å². The number of hydrogen-bond acceptors (Lipinski definition) is 5. The highest BCUT2D eigenvalue weighted by Crippen LogP contribution is 2.38. The van der Waals surface area contributed by atoms with Gasteiger partial charge in [-0.15, -0.1) is 0 Å². The van der Waals surface area contributed by atoms with Crippen molar-refractivity contribution in [2.24, 2.45) is 0 Å². The quantitative estimate of drug-likeness (QED) is 0.657. The molecule has 23 heavy (non-hydrogen) atoms. The third kappa shape index (κ3) is 3.31. The zero-order chi connectivity index (χ0) is 17.4. The Bertz CT molecular complexity index is 638.